The van der Waals surface area contributed by atoms with Crippen LogP contribution in [0.2, 0.25) is 0 Å². The first-order valence-electron chi connectivity index (χ1n) is 5.37. The van der Waals surface area contributed by atoms with Gasteiger partial charge in [-0.05, 0) is 44.4 Å². The predicted octanol–water partition coefficient (Wildman–Crippen LogP) is 2.07. The first-order valence-corrected chi connectivity index (χ1v) is 5.37. The number of ether oxygens (including phenoxy) is 1. The van der Waals surface area contributed by atoms with Crippen molar-refractivity contribution in [2.75, 3.05) is 6.61 Å². The van der Waals surface area contributed by atoms with Crippen LogP contribution in [-0.4, -0.2) is 17.7 Å². The standard InChI is InChI=1S/C13H18O3/c1-5-16-12(14)13(4,15)11-7-6-9(2)10(3)8-11/h6-8,15H,5H2,1-4H3. The summed E-state index contributed by atoms with van der Waals surface area (Å²) in [5.74, 6) is -0.613. The number of aliphatic hydroxyl groups is 1. The number of carbonyl (C=O) groups excluding carboxylic acids is 1. The van der Waals surface area contributed by atoms with Crippen molar-refractivity contribution in [2.24, 2.45) is 0 Å². The Morgan fingerprint density at radius 1 is 1.38 bits per heavy atom. The van der Waals surface area contributed by atoms with E-state index >= 15 is 0 Å². The Morgan fingerprint density at radius 3 is 2.50 bits per heavy atom. The van der Waals surface area contributed by atoms with E-state index in [2.05, 4.69) is 0 Å². The van der Waals surface area contributed by atoms with E-state index in [9.17, 15) is 9.90 Å². The predicted molar refractivity (Wildman–Crippen MR) is 62.1 cm³/mol. The first kappa shape index (κ1) is 12.7. The second-order valence-corrected chi connectivity index (χ2v) is 4.09. The van der Waals surface area contributed by atoms with Crippen LogP contribution in [0.4, 0.5) is 0 Å². The molecule has 1 unspecified atom stereocenters. The van der Waals surface area contributed by atoms with Crippen molar-refractivity contribution in [1.82, 2.24) is 0 Å². The molecule has 0 aliphatic carbocycles. The Kier molecular flexibility index (Phi) is 3.70. The summed E-state index contributed by atoms with van der Waals surface area (Å²) in [7, 11) is 0. The van der Waals surface area contributed by atoms with Gasteiger partial charge >= 0.3 is 5.97 Å². The molecule has 88 valence electrons. The van der Waals surface area contributed by atoms with Gasteiger partial charge < -0.3 is 9.84 Å². The monoisotopic (exact) mass is 222 g/mol. The molecule has 1 atom stereocenters. The molecule has 0 aliphatic heterocycles. The van der Waals surface area contributed by atoms with E-state index in [4.69, 9.17) is 4.74 Å². The van der Waals surface area contributed by atoms with Gasteiger partial charge in [0.15, 0.2) is 5.60 Å². The number of hydrogen-bond acceptors (Lipinski definition) is 3. The Bertz CT molecular complexity index is 394. The molecule has 0 saturated carbocycles. The van der Waals surface area contributed by atoms with Crippen LogP contribution in [0.15, 0.2) is 18.2 Å². The first-order chi connectivity index (χ1) is 7.39. The summed E-state index contributed by atoms with van der Waals surface area (Å²) >= 11 is 0. The summed E-state index contributed by atoms with van der Waals surface area (Å²) in [6.45, 7) is 7.36. The third-order valence-electron chi connectivity index (χ3n) is 2.74. The van der Waals surface area contributed by atoms with Gasteiger partial charge in [-0.2, -0.15) is 0 Å². The van der Waals surface area contributed by atoms with Gasteiger partial charge in [0.25, 0.3) is 0 Å². The minimum atomic E-state index is -1.57. The molecule has 3 heteroatoms. The lowest BCUT2D eigenvalue weighted by molar-refractivity contribution is -0.164. The molecule has 1 aromatic rings. The molecule has 1 rings (SSSR count). The molecule has 0 amide bonds. The van der Waals surface area contributed by atoms with Crippen LogP contribution in [0.1, 0.15) is 30.5 Å². The van der Waals surface area contributed by atoms with E-state index in [1.165, 1.54) is 6.92 Å². The fourth-order valence-corrected chi connectivity index (χ4v) is 1.43. The molecule has 3 nitrogen and oxygen atoms in total. The van der Waals surface area contributed by atoms with Gasteiger partial charge in [0.1, 0.15) is 0 Å². The number of aryl methyl sites for hydroxylation is 2. The zero-order valence-corrected chi connectivity index (χ0v) is 10.2. The average molecular weight is 222 g/mol. The van der Waals surface area contributed by atoms with Gasteiger partial charge in [0.2, 0.25) is 0 Å². The fourth-order valence-electron chi connectivity index (χ4n) is 1.43. The molecular weight excluding hydrogens is 204 g/mol. The van der Waals surface area contributed by atoms with Crippen LogP contribution in [0, 0.1) is 13.8 Å². The largest absolute Gasteiger partial charge is 0.464 e. The maximum Gasteiger partial charge on any atom is 0.342 e. The summed E-state index contributed by atoms with van der Waals surface area (Å²) in [4.78, 5) is 11.6. The quantitative estimate of drug-likeness (QED) is 0.796. The van der Waals surface area contributed by atoms with Gasteiger partial charge in [0.05, 0.1) is 6.61 Å². The SMILES string of the molecule is CCOC(=O)C(C)(O)c1ccc(C)c(C)c1. The number of carbonyl (C=O) groups is 1. The molecule has 0 spiro atoms. The molecule has 1 aromatic carbocycles. The van der Waals surface area contributed by atoms with E-state index in [0.29, 0.717) is 5.56 Å². The summed E-state index contributed by atoms with van der Waals surface area (Å²) in [6, 6.07) is 5.45. The lowest BCUT2D eigenvalue weighted by Crippen LogP contribution is -2.34. The zero-order valence-electron chi connectivity index (χ0n) is 10.2. The van der Waals surface area contributed by atoms with Crippen molar-refractivity contribution in [3.8, 4) is 0 Å². The second kappa shape index (κ2) is 4.66. The third-order valence-corrected chi connectivity index (χ3v) is 2.74. The molecule has 0 radical (unpaired) electrons. The Hall–Kier alpha value is -1.35. The van der Waals surface area contributed by atoms with Crippen LogP contribution in [-0.2, 0) is 15.1 Å². The van der Waals surface area contributed by atoms with Crippen molar-refractivity contribution in [3.05, 3.63) is 34.9 Å². The van der Waals surface area contributed by atoms with Crippen molar-refractivity contribution in [3.63, 3.8) is 0 Å². The molecule has 0 saturated heterocycles. The highest BCUT2D eigenvalue weighted by Crippen LogP contribution is 2.24. The molecule has 0 aliphatic rings. The highest BCUT2D eigenvalue weighted by Gasteiger charge is 2.34. The molecule has 0 fully saturated rings. The fraction of sp³-hybridized carbons (Fsp3) is 0.462. The van der Waals surface area contributed by atoms with E-state index in [-0.39, 0.29) is 6.61 Å². The number of benzene rings is 1. The zero-order chi connectivity index (χ0) is 12.3. The minimum Gasteiger partial charge on any atom is -0.464 e. The molecule has 0 bridgehead atoms. The van der Waals surface area contributed by atoms with Crippen LogP contribution in [0.5, 0.6) is 0 Å². The average Bonchev–Trinajstić information content (AvgIpc) is 2.22. The Labute approximate surface area is 96.1 Å². The molecule has 0 heterocycles. The summed E-state index contributed by atoms with van der Waals surface area (Å²) < 4.78 is 4.84. The summed E-state index contributed by atoms with van der Waals surface area (Å²) in [6.07, 6.45) is 0. The Balaban J connectivity index is 3.06. The van der Waals surface area contributed by atoms with Gasteiger partial charge in [0, 0.05) is 0 Å². The van der Waals surface area contributed by atoms with Crippen LogP contribution in [0.3, 0.4) is 0 Å². The van der Waals surface area contributed by atoms with Crippen molar-refractivity contribution in [2.45, 2.75) is 33.3 Å². The van der Waals surface area contributed by atoms with E-state index < -0.39 is 11.6 Å². The minimum absolute atomic E-state index is 0.264. The van der Waals surface area contributed by atoms with E-state index in [1.807, 2.05) is 26.0 Å². The van der Waals surface area contributed by atoms with Gasteiger partial charge in [-0.25, -0.2) is 4.79 Å². The maximum atomic E-state index is 11.6. The third kappa shape index (κ3) is 2.42. The van der Waals surface area contributed by atoms with E-state index in [1.54, 1.807) is 13.0 Å². The van der Waals surface area contributed by atoms with E-state index in [0.717, 1.165) is 11.1 Å². The van der Waals surface area contributed by atoms with Crippen molar-refractivity contribution >= 4 is 5.97 Å². The maximum absolute atomic E-state index is 11.6. The van der Waals surface area contributed by atoms with Crippen LogP contribution >= 0.6 is 0 Å². The summed E-state index contributed by atoms with van der Waals surface area (Å²) in [5, 5.41) is 10.1. The number of esters is 1. The van der Waals surface area contributed by atoms with Crippen molar-refractivity contribution < 1.29 is 14.6 Å². The molecule has 16 heavy (non-hydrogen) atoms. The number of rotatable bonds is 3. The van der Waals surface area contributed by atoms with Crippen LogP contribution < -0.4 is 0 Å². The van der Waals surface area contributed by atoms with Crippen LogP contribution in [0.25, 0.3) is 0 Å². The topological polar surface area (TPSA) is 46.5 Å². The lowest BCUT2D eigenvalue weighted by Gasteiger charge is -2.22. The number of hydrogen-bond donors (Lipinski definition) is 1. The molecule has 0 aromatic heterocycles. The Morgan fingerprint density at radius 2 is 2.00 bits per heavy atom. The highest BCUT2D eigenvalue weighted by molar-refractivity contribution is 5.80. The van der Waals surface area contributed by atoms with Gasteiger partial charge in [-0.1, -0.05) is 18.2 Å². The highest BCUT2D eigenvalue weighted by atomic mass is 16.5. The normalized spacial score (nSPS) is 14.3. The molecule has 1 N–H and O–H groups in total. The summed E-state index contributed by atoms with van der Waals surface area (Å²) in [5.41, 5.74) is 1.16. The smallest absolute Gasteiger partial charge is 0.342 e. The van der Waals surface area contributed by atoms with Crippen molar-refractivity contribution in [1.29, 1.82) is 0 Å². The van der Waals surface area contributed by atoms with Gasteiger partial charge in [-0.15, -0.1) is 0 Å². The lowest BCUT2D eigenvalue weighted by atomic mass is 9.93. The second-order valence-electron chi connectivity index (χ2n) is 4.09. The molecular formula is C13H18O3. The van der Waals surface area contributed by atoms with Gasteiger partial charge in [-0.3, -0.25) is 0 Å².